The Bertz CT molecular complexity index is 3470. The molecule has 6 heteroatoms. The van der Waals surface area contributed by atoms with Crippen molar-refractivity contribution in [3.8, 4) is 56.4 Å². The standard InChI is InChI=1S/C51H29N3O2S/c1-3-13-30(14-4-1)49-52-50(31-15-5-2-6-16-31)54-51(53-49)42-25-11-20-37-36-19-10-21-38(45(36)56-46(37)42)39-22-12-24-41-40-23-9-18-33(47(40)57-48(39)41)32-27-28-35-34-17-7-8-26-43(34)55-44(35)29-32/h1-29H. The van der Waals surface area contributed by atoms with E-state index in [0.29, 0.717) is 17.5 Å². The lowest BCUT2D eigenvalue weighted by atomic mass is 9.98. The number of hydrogen-bond acceptors (Lipinski definition) is 6. The predicted molar refractivity (Wildman–Crippen MR) is 234 cm³/mol. The average molecular weight is 748 g/mol. The van der Waals surface area contributed by atoms with Gasteiger partial charge in [-0.2, -0.15) is 0 Å². The Labute approximate surface area is 330 Å². The zero-order valence-electron chi connectivity index (χ0n) is 30.3. The van der Waals surface area contributed by atoms with E-state index < -0.39 is 0 Å². The van der Waals surface area contributed by atoms with Gasteiger partial charge in [0.05, 0.1) is 5.56 Å². The highest BCUT2D eigenvalue weighted by Gasteiger charge is 2.21. The van der Waals surface area contributed by atoms with E-state index in [-0.39, 0.29) is 0 Å². The lowest BCUT2D eigenvalue weighted by Gasteiger charge is -2.08. The Kier molecular flexibility index (Phi) is 7.03. The van der Waals surface area contributed by atoms with Crippen molar-refractivity contribution in [3.63, 3.8) is 0 Å². The maximum absolute atomic E-state index is 6.99. The molecule has 0 aliphatic heterocycles. The Hall–Kier alpha value is -7.41. The molecule has 0 radical (unpaired) electrons. The Morgan fingerprint density at radius 2 is 0.825 bits per heavy atom. The highest BCUT2D eigenvalue weighted by molar-refractivity contribution is 7.26. The summed E-state index contributed by atoms with van der Waals surface area (Å²) in [7, 11) is 0. The minimum Gasteiger partial charge on any atom is -0.456 e. The molecule has 266 valence electrons. The van der Waals surface area contributed by atoms with E-state index in [1.54, 1.807) is 0 Å². The molecule has 12 rings (SSSR count). The van der Waals surface area contributed by atoms with Crippen LogP contribution in [0.1, 0.15) is 0 Å². The molecule has 0 unspecified atom stereocenters. The number of furan rings is 2. The summed E-state index contributed by atoms with van der Waals surface area (Å²) in [5, 5.41) is 6.78. The van der Waals surface area contributed by atoms with Crippen LogP contribution in [0, 0.1) is 0 Å². The molecule has 0 aliphatic carbocycles. The summed E-state index contributed by atoms with van der Waals surface area (Å²) in [5.41, 5.74) is 10.6. The number of benzene rings is 8. The molecule has 5 nitrogen and oxygen atoms in total. The molecule has 4 heterocycles. The van der Waals surface area contributed by atoms with Gasteiger partial charge in [-0.15, -0.1) is 11.3 Å². The molecule has 12 aromatic rings. The zero-order chi connectivity index (χ0) is 37.5. The molecule has 0 amide bonds. The van der Waals surface area contributed by atoms with E-state index >= 15 is 0 Å². The number of aromatic nitrogens is 3. The predicted octanol–water partition coefficient (Wildman–Crippen LogP) is 14.4. The van der Waals surface area contributed by atoms with Crippen molar-refractivity contribution in [2.75, 3.05) is 0 Å². The average Bonchev–Trinajstić information content (AvgIpc) is 3.98. The first-order chi connectivity index (χ1) is 28.2. The van der Waals surface area contributed by atoms with Crippen LogP contribution < -0.4 is 0 Å². The fraction of sp³-hybridized carbons (Fsp3) is 0. The number of fused-ring (bicyclic) bond motifs is 9. The first-order valence-electron chi connectivity index (χ1n) is 18.9. The van der Waals surface area contributed by atoms with Gasteiger partial charge < -0.3 is 8.83 Å². The van der Waals surface area contributed by atoms with E-state index in [4.69, 9.17) is 23.8 Å². The van der Waals surface area contributed by atoms with Crippen LogP contribution in [-0.4, -0.2) is 15.0 Å². The van der Waals surface area contributed by atoms with E-state index in [1.165, 1.54) is 25.7 Å². The number of hydrogen-bond donors (Lipinski definition) is 0. The second-order valence-corrected chi connectivity index (χ2v) is 15.3. The van der Waals surface area contributed by atoms with Gasteiger partial charge in [0.25, 0.3) is 0 Å². The van der Waals surface area contributed by atoms with Crippen molar-refractivity contribution < 1.29 is 8.83 Å². The molecule has 0 atom stereocenters. The molecule has 4 aromatic heterocycles. The lowest BCUT2D eigenvalue weighted by molar-refractivity contribution is 0.669. The van der Waals surface area contributed by atoms with Gasteiger partial charge in [0.2, 0.25) is 0 Å². The molecule has 0 N–H and O–H groups in total. The van der Waals surface area contributed by atoms with Crippen LogP contribution in [0.25, 0.3) is 120 Å². The summed E-state index contributed by atoms with van der Waals surface area (Å²) in [6, 6.07) is 60.8. The molecular formula is C51H29N3O2S. The van der Waals surface area contributed by atoms with Crippen molar-refractivity contribution in [3.05, 3.63) is 176 Å². The van der Waals surface area contributed by atoms with Crippen LogP contribution >= 0.6 is 11.3 Å². The van der Waals surface area contributed by atoms with Crippen LogP contribution in [0.3, 0.4) is 0 Å². The third-order valence-corrected chi connectivity index (χ3v) is 12.3. The van der Waals surface area contributed by atoms with Gasteiger partial charge in [-0.25, -0.2) is 15.0 Å². The second-order valence-electron chi connectivity index (χ2n) is 14.3. The Morgan fingerprint density at radius 3 is 1.53 bits per heavy atom. The first kappa shape index (κ1) is 31.9. The van der Waals surface area contributed by atoms with E-state index in [9.17, 15) is 0 Å². The molecule has 8 aromatic carbocycles. The molecule has 0 aliphatic rings. The molecule has 0 saturated heterocycles. The monoisotopic (exact) mass is 747 g/mol. The topological polar surface area (TPSA) is 65.0 Å². The van der Waals surface area contributed by atoms with Crippen molar-refractivity contribution in [2.45, 2.75) is 0 Å². The molecule has 57 heavy (non-hydrogen) atoms. The van der Waals surface area contributed by atoms with Crippen LogP contribution in [0.15, 0.2) is 185 Å². The van der Waals surface area contributed by atoms with Gasteiger partial charge in [-0.1, -0.05) is 152 Å². The van der Waals surface area contributed by atoms with Crippen LogP contribution in [0.2, 0.25) is 0 Å². The fourth-order valence-corrected chi connectivity index (χ4v) is 9.65. The van der Waals surface area contributed by atoms with Crippen molar-refractivity contribution in [1.29, 1.82) is 0 Å². The van der Waals surface area contributed by atoms with E-state index in [1.807, 2.05) is 90.2 Å². The minimum absolute atomic E-state index is 0.564. The smallest absolute Gasteiger partial charge is 0.167 e. The summed E-state index contributed by atoms with van der Waals surface area (Å²) >= 11 is 1.83. The molecule has 0 bridgehead atoms. The fourth-order valence-electron chi connectivity index (χ4n) is 8.29. The largest absolute Gasteiger partial charge is 0.456 e. The van der Waals surface area contributed by atoms with Crippen LogP contribution in [0.5, 0.6) is 0 Å². The number of para-hydroxylation sites is 3. The van der Waals surface area contributed by atoms with Crippen molar-refractivity contribution in [2.24, 2.45) is 0 Å². The SMILES string of the molecule is c1ccc(-c2nc(-c3ccccc3)nc(-c3cccc4c3oc3c(-c5cccc6c5sc5c(-c7ccc8c(c7)oc7ccccc78)cccc56)cccc34)n2)cc1. The van der Waals surface area contributed by atoms with Gasteiger partial charge in [0.1, 0.15) is 22.3 Å². The van der Waals surface area contributed by atoms with Crippen LogP contribution in [0.4, 0.5) is 0 Å². The third kappa shape index (κ3) is 5.04. The van der Waals surface area contributed by atoms with Gasteiger partial charge in [0.15, 0.2) is 17.5 Å². The number of rotatable bonds is 5. The first-order valence-corrected chi connectivity index (χ1v) is 19.7. The maximum atomic E-state index is 6.99. The minimum atomic E-state index is 0.564. The van der Waals surface area contributed by atoms with Gasteiger partial charge in [-0.3, -0.25) is 0 Å². The van der Waals surface area contributed by atoms with Gasteiger partial charge in [0, 0.05) is 64.0 Å². The highest BCUT2D eigenvalue weighted by atomic mass is 32.1. The summed E-state index contributed by atoms with van der Waals surface area (Å²) in [6.07, 6.45) is 0. The quantitative estimate of drug-likeness (QED) is 0.175. The number of nitrogens with zero attached hydrogens (tertiary/aromatic N) is 3. The second kappa shape index (κ2) is 12.6. The Balaban J connectivity index is 1.03. The van der Waals surface area contributed by atoms with E-state index in [2.05, 4.69) is 97.1 Å². The molecule has 0 saturated carbocycles. The molecular weight excluding hydrogens is 719 g/mol. The molecule has 0 fully saturated rings. The van der Waals surface area contributed by atoms with Crippen molar-refractivity contribution in [1.82, 2.24) is 15.0 Å². The van der Waals surface area contributed by atoms with Crippen molar-refractivity contribution >= 4 is 75.4 Å². The van der Waals surface area contributed by atoms with Gasteiger partial charge >= 0.3 is 0 Å². The summed E-state index contributed by atoms with van der Waals surface area (Å²) in [5.74, 6) is 1.79. The summed E-state index contributed by atoms with van der Waals surface area (Å²) in [4.78, 5) is 15.0. The Morgan fingerprint density at radius 1 is 0.316 bits per heavy atom. The summed E-state index contributed by atoms with van der Waals surface area (Å²) in [6.45, 7) is 0. The third-order valence-electron chi connectivity index (χ3n) is 11.0. The summed E-state index contributed by atoms with van der Waals surface area (Å²) < 4.78 is 15.8. The van der Waals surface area contributed by atoms with E-state index in [0.717, 1.165) is 77.3 Å². The normalized spacial score (nSPS) is 11.9. The lowest BCUT2D eigenvalue weighted by Crippen LogP contribution is -2.00. The zero-order valence-corrected chi connectivity index (χ0v) is 31.1. The maximum Gasteiger partial charge on any atom is 0.167 e. The van der Waals surface area contributed by atoms with Crippen LogP contribution in [-0.2, 0) is 0 Å². The number of thiophene rings is 1. The molecule has 0 spiro atoms. The highest BCUT2D eigenvalue weighted by Crippen LogP contribution is 2.47. The van der Waals surface area contributed by atoms with Gasteiger partial charge in [-0.05, 0) is 35.4 Å².